The SMILES string of the molecule is CCc1cc(NC(=O)Cc2cccc(C)c2)n[nH]1. The van der Waals surface area contributed by atoms with Crippen molar-refractivity contribution in [3.8, 4) is 0 Å². The molecule has 1 aromatic heterocycles. The minimum absolute atomic E-state index is 0.0465. The molecule has 18 heavy (non-hydrogen) atoms. The summed E-state index contributed by atoms with van der Waals surface area (Å²) in [6.45, 7) is 4.05. The zero-order chi connectivity index (χ0) is 13.0. The topological polar surface area (TPSA) is 57.8 Å². The Morgan fingerprint density at radius 1 is 1.39 bits per heavy atom. The Balaban J connectivity index is 1.96. The van der Waals surface area contributed by atoms with Crippen LogP contribution < -0.4 is 5.32 Å². The Morgan fingerprint density at radius 3 is 2.89 bits per heavy atom. The predicted octanol–water partition coefficient (Wildman–Crippen LogP) is 2.46. The first-order valence-electron chi connectivity index (χ1n) is 6.07. The van der Waals surface area contributed by atoms with Gasteiger partial charge in [0.25, 0.3) is 0 Å². The van der Waals surface area contributed by atoms with E-state index >= 15 is 0 Å². The molecule has 94 valence electrons. The minimum atomic E-state index is -0.0465. The molecule has 0 unspecified atom stereocenters. The van der Waals surface area contributed by atoms with Gasteiger partial charge >= 0.3 is 0 Å². The third-order valence-electron chi connectivity index (χ3n) is 2.73. The molecule has 2 rings (SSSR count). The third kappa shape index (κ3) is 3.20. The van der Waals surface area contributed by atoms with Crippen molar-refractivity contribution in [1.82, 2.24) is 10.2 Å². The van der Waals surface area contributed by atoms with Crippen molar-refractivity contribution in [2.75, 3.05) is 5.32 Å². The van der Waals surface area contributed by atoms with Crippen molar-refractivity contribution in [3.05, 3.63) is 47.2 Å². The van der Waals surface area contributed by atoms with Crippen molar-refractivity contribution in [2.24, 2.45) is 0 Å². The molecule has 0 saturated carbocycles. The summed E-state index contributed by atoms with van der Waals surface area (Å²) in [5.41, 5.74) is 3.19. The fourth-order valence-electron chi connectivity index (χ4n) is 1.80. The second-order valence-electron chi connectivity index (χ2n) is 4.35. The van der Waals surface area contributed by atoms with Crippen LogP contribution in [0.2, 0.25) is 0 Å². The normalized spacial score (nSPS) is 10.3. The fraction of sp³-hybridized carbons (Fsp3) is 0.286. The van der Waals surface area contributed by atoms with Crippen LogP contribution in [0.3, 0.4) is 0 Å². The van der Waals surface area contributed by atoms with Gasteiger partial charge in [-0.2, -0.15) is 5.10 Å². The summed E-state index contributed by atoms with van der Waals surface area (Å²) in [6.07, 6.45) is 1.25. The Labute approximate surface area is 106 Å². The molecule has 4 nitrogen and oxygen atoms in total. The van der Waals surface area contributed by atoms with Gasteiger partial charge in [-0.3, -0.25) is 9.89 Å². The molecule has 4 heteroatoms. The highest BCUT2D eigenvalue weighted by Crippen LogP contribution is 2.08. The number of anilines is 1. The Bertz CT molecular complexity index is 545. The maximum atomic E-state index is 11.8. The number of rotatable bonds is 4. The molecule has 0 bridgehead atoms. The van der Waals surface area contributed by atoms with Crippen LogP contribution in [0, 0.1) is 6.92 Å². The molecular formula is C14H17N3O. The van der Waals surface area contributed by atoms with Crippen molar-refractivity contribution < 1.29 is 4.79 Å². The Hall–Kier alpha value is -2.10. The molecule has 0 fully saturated rings. The van der Waals surface area contributed by atoms with Crippen LogP contribution in [0.25, 0.3) is 0 Å². The smallest absolute Gasteiger partial charge is 0.229 e. The lowest BCUT2D eigenvalue weighted by molar-refractivity contribution is -0.115. The number of carbonyl (C=O) groups excluding carboxylic acids is 1. The van der Waals surface area contributed by atoms with Gasteiger partial charge in [0.15, 0.2) is 5.82 Å². The van der Waals surface area contributed by atoms with Gasteiger partial charge in [0, 0.05) is 11.8 Å². The molecule has 0 aliphatic rings. The highest BCUT2D eigenvalue weighted by molar-refractivity contribution is 5.91. The first kappa shape index (κ1) is 12.4. The Morgan fingerprint density at radius 2 is 2.22 bits per heavy atom. The van der Waals surface area contributed by atoms with E-state index in [9.17, 15) is 4.79 Å². The average Bonchev–Trinajstić information content (AvgIpc) is 2.76. The summed E-state index contributed by atoms with van der Waals surface area (Å²) in [7, 11) is 0. The van der Waals surface area contributed by atoms with Crippen molar-refractivity contribution in [3.63, 3.8) is 0 Å². The van der Waals surface area contributed by atoms with Crippen LogP contribution in [0.15, 0.2) is 30.3 Å². The zero-order valence-electron chi connectivity index (χ0n) is 10.7. The number of H-pyrrole nitrogens is 1. The summed E-state index contributed by atoms with van der Waals surface area (Å²) in [6, 6.07) is 9.80. The van der Waals surface area contributed by atoms with Crippen molar-refractivity contribution in [2.45, 2.75) is 26.7 Å². The number of carbonyl (C=O) groups is 1. The lowest BCUT2D eigenvalue weighted by Crippen LogP contribution is -2.14. The summed E-state index contributed by atoms with van der Waals surface area (Å²) in [5.74, 6) is 0.541. The third-order valence-corrected chi connectivity index (χ3v) is 2.73. The highest BCUT2D eigenvalue weighted by Gasteiger charge is 2.06. The second-order valence-corrected chi connectivity index (χ2v) is 4.35. The Kier molecular flexibility index (Phi) is 3.77. The van der Waals surface area contributed by atoms with Crippen molar-refractivity contribution >= 4 is 11.7 Å². The molecule has 0 radical (unpaired) electrons. The van der Waals surface area contributed by atoms with Crippen LogP contribution in [-0.4, -0.2) is 16.1 Å². The number of nitrogens with zero attached hydrogens (tertiary/aromatic N) is 1. The van der Waals surface area contributed by atoms with Crippen molar-refractivity contribution in [1.29, 1.82) is 0 Å². The first-order valence-corrected chi connectivity index (χ1v) is 6.07. The number of aryl methyl sites for hydroxylation is 2. The molecular weight excluding hydrogens is 226 g/mol. The molecule has 2 aromatic rings. The van der Waals surface area contributed by atoms with Crippen LogP contribution in [0.5, 0.6) is 0 Å². The van der Waals surface area contributed by atoms with E-state index in [0.29, 0.717) is 12.2 Å². The van der Waals surface area contributed by atoms with Crippen LogP contribution >= 0.6 is 0 Å². The lowest BCUT2D eigenvalue weighted by atomic mass is 10.1. The van der Waals surface area contributed by atoms with E-state index < -0.39 is 0 Å². The van der Waals surface area contributed by atoms with Gasteiger partial charge in [0.05, 0.1) is 6.42 Å². The number of aromatic nitrogens is 2. The summed E-state index contributed by atoms with van der Waals surface area (Å²) < 4.78 is 0. The zero-order valence-corrected chi connectivity index (χ0v) is 10.7. The highest BCUT2D eigenvalue weighted by atomic mass is 16.1. The fourth-order valence-corrected chi connectivity index (χ4v) is 1.80. The minimum Gasteiger partial charge on any atom is -0.309 e. The van der Waals surface area contributed by atoms with Gasteiger partial charge in [-0.25, -0.2) is 0 Å². The molecule has 0 atom stereocenters. The predicted molar refractivity (Wildman–Crippen MR) is 71.5 cm³/mol. The molecule has 1 heterocycles. The van der Waals surface area contributed by atoms with E-state index in [0.717, 1.165) is 23.2 Å². The van der Waals surface area contributed by atoms with E-state index in [1.165, 1.54) is 0 Å². The molecule has 0 aliphatic heterocycles. The standard InChI is InChI=1S/C14H17N3O/c1-3-12-9-13(17-16-12)15-14(18)8-11-6-4-5-10(2)7-11/h4-7,9H,3,8H2,1-2H3,(H2,15,16,17,18). The number of benzene rings is 1. The van der Waals surface area contributed by atoms with Gasteiger partial charge in [-0.15, -0.1) is 0 Å². The summed E-state index contributed by atoms with van der Waals surface area (Å²) >= 11 is 0. The van der Waals surface area contributed by atoms with Gasteiger partial charge < -0.3 is 5.32 Å². The van der Waals surface area contributed by atoms with Gasteiger partial charge in [0.1, 0.15) is 0 Å². The van der Waals surface area contributed by atoms with E-state index in [1.807, 2.05) is 44.2 Å². The second kappa shape index (κ2) is 5.49. The van der Waals surface area contributed by atoms with Gasteiger partial charge in [0.2, 0.25) is 5.91 Å². The first-order chi connectivity index (χ1) is 8.67. The maximum Gasteiger partial charge on any atom is 0.229 e. The van der Waals surface area contributed by atoms with E-state index in [1.54, 1.807) is 0 Å². The summed E-state index contributed by atoms with van der Waals surface area (Å²) in [5, 5.41) is 9.68. The van der Waals surface area contributed by atoms with Gasteiger partial charge in [-0.05, 0) is 18.9 Å². The molecule has 1 amide bonds. The molecule has 0 spiro atoms. The quantitative estimate of drug-likeness (QED) is 0.866. The number of hydrogen-bond acceptors (Lipinski definition) is 2. The molecule has 0 saturated heterocycles. The lowest BCUT2D eigenvalue weighted by Gasteiger charge is -2.02. The van der Waals surface area contributed by atoms with Gasteiger partial charge in [-0.1, -0.05) is 36.8 Å². The van der Waals surface area contributed by atoms with E-state index in [-0.39, 0.29) is 5.91 Å². The molecule has 1 aromatic carbocycles. The number of hydrogen-bond donors (Lipinski definition) is 2. The monoisotopic (exact) mass is 243 g/mol. The van der Waals surface area contributed by atoms with E-state index in [2.05, 4.69) is 15.5 Å². The van der Waals surface area contributed by atoms with E-state index in [4.69, 9.17) is 0 Å². The van der Waals surface area contributed by atoms with Crippen LogP contribution in [-0.2, 0) is 17.6 Å². The number of nitrogens with one attached hydrogen (secondary N) is 2. The largest absolute Gasteiger partial charge is 0.309 e. The molecule has 0 aliphatic carbocycles. The summed E-state index contributed by atoms with van der Waals surface area (Å²) in [4.78, 5) is 11.8. The average molecular weight is 243 g/mol. The maximum absolute atomic E-state index is 11.8. The number of amides is 1. The van der Waals surface area contributed by atoms with Crippen LogP contribution in [0.1, 0.15) is 23.7 Å². The number of aromatic amines is 1. The van der Waals surface area contributed by atoms with Crippen LogP contribution in [0.4, 0.5) is 5.82 Å². The molecule has 2 N–H and O–H groups in total.